The van der Waals surface area contributed by atoms with Crippen LogP contribution in [0.1, 0.15) is 26.2 Å². The van der Waals surface area contributed by atoms with Crippen LogP contribution in [0.3, 0.4) is 0 Å². The summed E-state index contributed by atoms with van der Waals surface area (Å²) in [4.78, 5) is 0. The maximum atomic E-state index is 8.67. The molecule has 2 aliphatic rings. The Bertz CT molecular complexity index is 230. The molecule has 0 aromatic rings. The maximum absolute atomic E-state index is 8.67. The molecule has 1 fully saturated rings. The van der Waals surface area contributed by atoms with Gasteiger partial charge in [-0.2, -0.15) is 0 Å². The molecule has 0 aromatic carbocycles. The van der Waals surface area contributed by atoms with E-state index in [9.17, 15) is 0 Å². The van der Waals surface area contributed by atoms with Crippen molar-refractivity contribution in [3.8, 4) is 0 Å². The predicted octanol–water partition coefficient (Wildman–Crippen LogP) is 2.19. The van der Waals surface area contributed by atoms with Crippen molar-refractivity contribution in [2.45, 2.75) is 26.2 Å². The molecule has 1 saturated carbocycles. The van der Waals surface area contributed by atoms with Crippen molar-refractivity contribution in [3.05, 3.63) is 11.6 Å². The summed E-state index contributed by atoms with van der Waals surface area (Å²) in [5.41, 5.74) is 2.31. The highest BCUT2D eigenvalue weighted by atomic mass is 16.4. The number of nitrogens with zero attached hydrogens (tertiary/aromatic N) is 1. The van der Waals surface area contributed by atoms with Crippen LogP contribution in [-0.2, 0) is 0 Å². The van der Waals surface area contributed by atoms with Crippen molar-refractivity contribution < 1.29 is 5.21 Å². The number of allylic oxidation sites excluding steroid dienone is 2. The van der Waals surface area contributed by atoms with E-state index in [0.29, 0.717) is 11.8 Å². The normalized spacial score (nSPS) is 39.4. The summed E-state index contributed by atoms with van der Waals surface area (Å²) in [5, 5.41) is 12.0. The van der Waals surface area contributed by atoms with E-state index < -0.39 is 0 Å². The van der Waals surface area contributed by atoms with E-state index in [2.05, 4.69) is 12.1 Å². The summed E-state index contributed by atoms with van der Waals surface area (Å²) in [6.07, 6.45) is 5.82. The Morgan fingerprint density at radius 3 is 2.91 bits per heavy atom. The molecule has 0 aliphatic heterocycles. The molecule has 1 N–H and O–H groups in total. The van der Waals surface area contributed by atoms with Crippen molar-refractivity contribution in [1.82, 2.24) is 0 Å². The van der Waals surface area contributed by atoms with Crippen LogP contribution in [0.2, 0.25) is 0 Å². The van der Waals surface area contributed by atoms with Crippen molar-refractivity contribution >= 4 is 5.71 Å². The second-order valence-electron chi connectivity index (χ2n) is 3.56. The van der Waals surface area contributed by atoms with Gasteiger partial charge in [0.1, 0.15) is 0 Å². The summed E-state index contributed by atoms with van der Waals surface area (Å²) >= 11 is 0. The van der Waals surface area contributed by atoms with E-state index >= 15 is 0 Å². The van der Waals surface area contributed by atoms with Crippen LogP contribution in [0.15, 0.2) is 16.8 Å². The van der Waals surface area contributed by atoms with E-state index in [1.54, 1.807) is 0 Å². The summed E-state index contributed by atoms with van der Waals surface area (Å²) in [7, 11) is 0. The van der Waals surface area contributed by atoms with Gasteiger partial charge in [0.2, 0.25) is 0 Å². The number of fused-ring (bicyclic) bond motifs is 1. The second kappa shape index (κ2) is 2.36. The largest absolute Gasteiger partial charge is 0.411 e. The first-order valence-electron chi connectivity index (χ1n) is 4.23. The number of hydrogen-bond donors (Lipinski definition) is 1. The van der Waals surface area contributed by atoms with Gasteiger partial charge in [-0.1, -0.05) is 17.1 Å². The molecule has 0 bridgehead atoms. The Morgan fingerprint density at radius 1 is 1.45 bits per heavy atom. The predicted molar refractivity (Wildman–Crippen MR) is 43.8 cm³/mol. The number of hydrogen-bond acceptors (Lipinski definition) is 2. The zero-order valence-electron chi connectivity index (χ0n) is 6.75. The first-order valence-corrected chi connectivity index (χ1v) is 4.23. The minimum absolute atomic E-state index is 0.542. The van der Waals surface area contributed by atoms with Gasteiger partial charge in [0, 0.05) is 5.92 Å². The van der Waals surface area contributed by atoms with Gasteiger partial charge in [-0.3, -0.25) is 0 Å². The van der Waals surface area contributed by atoms with Crippen LogP contribution in [0.4, 0.5) is 0 Å². The highest BCUT2D eigenvalue weighted by molar-refractivity contribution is 6.00. The Labute approximate surface area is 66.6 Å². The monoisotopic (exact) mass is 151 g/mol. The minimum atomic E-state index is 0.542. The van der Waals surface area contributed by atoms with Crippen LogP contribution in [-0.4, -0.2) is 10.9 Å². The van der Waals surface area contributed by atoms with Gasteiger partial charge in [-0.05, 0) is 31.8 Å². The summed E-state index contributed by atoms with van der Waals surface area (Å²) in [6, 6.07) is 0. The molecular weight excluding hydrogens is 138 g/mol. The first kappa shape index (κ1) is 6.89. The van der Waals surface area contributed by atoms with Crippen LogP contribution in [0.25, 0.3) is 0 Å². The molecule has 0 amide bonds. The van der Waals surface area contributed by atoms with Crippen molar-refractivity contribution in [2.75, 3.05) is 0 Å². The van der Waals surface area contributed by atoms with Crippen molar-refractivity contribution in [2.24, 2.45) is 17.0 Å². The maximum Gasteiger partial charge on any atom is 0.0832 e. The van der Waals surface area contributed by atoms with Gasteiger partial charge in [0.05, 0.1) is 5.71 Å². The van der Waals surface area contributed by atoms with Crippen molar-refractivity contribution in [1.29, 1.82) is 0 Å². The third-order valence-electron chi connectivity index (χ3n) is 2.97. The van der Waals surface area contributed by atoms with Crippen LogP contribution in [0.5, 0.6) is 0 Å². The highest BCUT2D eigenvalue weighted by Gasteiger charge is 2.36. The Hall–Kier alpha value is -0.790. The molecule has 2 aliphatic carbocycles. The Kier molecular flexibility index (Phi) is 1.48. The first-order chi connectivity index (χ1) is 5.33. The molecule has 60 valence electrons. The molecular formula is C9H13NO. The lowest BCUT2D eigenvalue weighted by molar-refractivity contribution is 0.315. The molecule has 2 nitrogen and oxygen atoms in total. The second-order valence-corrected chi connectivity index (χ2v) is 3.56. The molecule has 2 unspecified atom stereocenters. The zero-order chi connectivity index (χ0) is 7.84. The van der Waals surface area contributed by atoms with E-state index in [4.69, 9.17) is 5.21 Å². The van der Waals surface area contributed by atoms with Gasteiger partial charge < -0.3 is 5.21 Å². The Morgan fingerprint density at radius 2 is 2.18 bits per heavy atom. The molecule has 2 heteroatoms. The van der Waals surface area contributed by atoms with Gasteiger partial charge >= 0.3 is 0 Å². The highest BCUT2D eigenvalue weighted by Crippen LogP contribution is 2.42. The van der Waals surface area contributed by atoms with E-state index in [1.807, 2.05) is 6.08 Å². The fraction of sp³-hybridized carbons (Fsp3) is 0.667. The van der Waals surface area contributed by atoms with E-state index in [-0.39, 0.29) is 0 Å². The fourth-order valence-electron chi connectivity index (χ4n) is 2.41. The fourth-order valence-corrected chi connectivity index (χ4v) is 2.41. The van der Waals surface area contributed by atoms with Gasteiger partial charge in [0.15, 0.2) is 0 Å². The Balaban J connectivity index is 2.30. The van der Waals surface area contributed by atoms with Crippen molar-refractivity contribution in [3.63, 3.8) is 0 Å². The molecule has 11 heavy (non-hydrogen) atoms. The van der Waals surface area contributed by atoms with Crippen LogP contribution in [0, 0.1) is 11.8 Å². The molecule has 2 rings (SSSR count). The molecule has 0 radical (unpaired) electrons. The molecule has 0 spiro atoms. The minimum Gasteiger partial charge on any atom is -0.411 e. The number of oxime groups is 1. The molecule has 0 heterocycles. The van der Waals surface area contributed by atoms with Gasteiger partial charge in [-0.15, -0.1) is 0 Å². The lowest BCUT2D eigenvalue weighted by atomic mass is 9.95. The smallest absolute Gasteiger partial charge is 0.0832 e. The lowest BCUT2D eigenvalue weighted by Crippen LogP contribution is -2.09. The SMILES string of the molecule is CC1=CC(=NO)C2CCCC12. The van der Waals surface area contributed by atoms with Crippen LogP contribution < -0.4 is 0 Å². The lowest BCUT2D eigenvalue weighted by Gasteiger charge is -2.09. The summed E-state index contributed by atoms with van der Waals surface area (Å²) in [6.45, 7) is 2.14. The van der Waals surface area contributed by atoms with Gasteiger partial charge in [-0.25, -0.2) is 0 Å². The zero-order valence-corrected chi connectivity index (χ0v) is 6.75. The average Bonchev–Trinajstić information content (AvgIpc) is 2.54. The molecule has 0 aromatic heterocycles. The standard InChI is InChI=1S/C9H13NO/c1-6-5-9(10-11)8-4-2-3-7(6)8/h5,7-8,11H,2-4H2,1H3. The third kappa shape index (κ3) is 0.889. The van der Waals surface area contributed by atoms with E-state index in [0.717, 1.165) is 5.71 Å². The molecule has 0 saturated heterocycles. The van der Waals surface area contributed by atoms with E-state index in [1.165, 1.54) is 24.8 Å². The topological polar surface area (TPSA) is 32.6 Å². The average molecular weight is 151 g/mol. The number of rotatable bonds is 0. The van der Waals surface area contributed by atoms with Gasteiger partial charge in [0.25, 0.3) is 0 Å². The summed E-state index contributed by atoms with van der Waals surface area (Å²) in [5.74, 6) is 1.24. The van der Waals surface area contributed by atoms with Crippen LogP contribution >= 0.6 is 0 Å². The third-order valence-corrected chi connectivity index (χ3v) is 2.97. The summed E-state index contributed by atoms with van der Waals surface area (Å²) < 4.78 is 0. The molecule has 2 atom stereocenters. The quantitative estimate of drug-likeness (QED) is 0.417.